The number of halogens is 1. The van der Waals surface area contributed by atoms with E-state index in [0.717, 1.165) is 0 Å². The number of hydrogen-bond donors (Lipinski definition) is 1. The molecule has 0 fully saturated rings. The Bertz CT molecular complexity index is 263. The van der Waals surface area contributed by atoms with E-state index in [9.17, 15) is 9.50 Å². The van der Waals surface area contributed by atoms with Crippen molar-refractivity contribution >= 4 is 0 Å². The largest absolute Gasteiger partial charge is 0.396 e. The minimum Gasteiger partial charge on any atom is -0.396 e. The molecule has 0 amide bonds. The topological polar surface area (TPSA) is 40.1 Å². The molecule has 1 aromatic rings. The molecule has 71 valence electrons. The molecule has 3 heteroatoms. The van der Waals surface area contributed by atoms with Gasteiger partial charge in [0.2, 0.25) is 0 Å². The molecule has 1 aromatic carbocycles. The molecule has 2 nitrogen and oxygen atoms in total. The number of hydrogen-bond acceptors (Lipinski definition) is 1. The minimum absolute atomic E-state index is 0.136. The van der Waals surface area contributed by atoms with Crippen molar-refractivity contribution in [1.29, 1.82) is 0 Å². The van der Waals surface area contributed by atoms with Crippen molar-refractivity contribution in [2.75, 3.05) is 6.61 Å². The van der Waals surface area contributed by atoms with Gasteiger partial charge in [-0.2, -0.15) is 0 Å². The van der Waals surface area contributed by atoms with Crippen LogP contribution in [0.25, 0.3) is 0 Å². The summed E-state index contributed by atoms with van der Waals surface area (Å²) in [6.07, 6.45) is -0.594. The molecule has 0 saturated heterocycles. The smallest absolute Gasteiger partial charge is 0.126 e. The fraction of sp³-hybridized carbons (Fsp3) is 0.400. The van der Waals surface area contributed by atoms with Gasteiger partial charge < -0.3 is 5.11 Å². The first-order valence-corrected chi connectivity index (χ1v) is 4.24. The summed E-state index contributed by atoms with van der Waals surface area (Å²) in [6.45, 7) is -0.136. The normalized spacial score (nSPS) is 12.8. The molecule has 0 heterocycles. The number of aliphatic hydroxyl groups excluding tert-OH is 1. The number of benzene rings is 1. The SMILES string of the molecule is [O]C(CCO)Cc1ccccc1F. The lowest BCUT2D eigenvalue weighted by Gasteiger charge is -2.06. The van der Waals surface area contributed by atoms with E-state index >= 15 is 0 Å². The Morgan fingerprint density at radius 3 is 2.69 bits per heavy atom. The average molecular weight is 183 g/mol. The Morgan fingerprint density at radius 2 is 2.08 bits per heavy atom. The van der Waals surface area contributed by atoms with Crippen LogP contribution in [0.2, 0.25) is 0 Å². The molecule has 13 heavy (non-hydrogen) atoms. The lowest BCUT2D eigenvalue weighted by Crippen LogP contribution is -2.11. The standard InChI is InChI=1S/C10H12FO2/c11-10-4-2-1-3-8(10)7-9(13)5-6-12/h1-4,9,12H,5-7H2. The summed E-state index contributed by atoms with van der Waals surface area (Å²) in [5, 5.41) is 19.6. The minimum atomic E-state index is -0.915. The average Bonchev–Trinajstić information content (AvgIpc) is 2.09. The van der Waals surface area contributed by atoms with E-state index in [1.807, 2.05) is 0 Å². The van der Waals surface area contributed by atoms with Crippen molar-refractivity contribution in [2.24, 2.45) is 0 Å². The monoisotopic (exact) mass is 183 g/mol. The zero-order valence-corrected chi connectivity index (χ0v) is 7.24. The maximum absolute atomic E-state index is 13.0. The molecular weight excluding hydrogens is 171 g/mol. The predicted molar refractivity (Wildman–Crippen MR) is 46.3 cm³/mol. The summed E-state index contributed by atoms with van der Waals surface area (Å²) in [5.74, 6) is -0.346. The molecule has 1 radical (unpaired) electrons. The third-order valence-electron chi connectivity index (χ3n) is 1.86. The highest BCUT2D eigenvalue weighted by Gasteiger charge is 2.09. The highest BCUT2D eigenvalue weighted by atomic mass is 19.1. The van der Waals surface area contributed by atoms with E-state index in [4.69, 9.17) is 5.11 Å². The summed E-state index contributed by atoms with van der Waals surface area (Å²) in [4.78, 5) is 0. The zero-order chi connectivity index (χ0) is 9.68. The highest BCUT2D eigenvalue weighted by molar-refractivity contribution is 5.17. The Hall–Kier alpha value is -0.930. The van der Waals surface area contributed by atoms with E-state index < -0.39 is 6.10 Å². The van der Waals surface area contributed by atoms with Crippen molar-refractivity contribution < 1.29 is 14.6 Å². The molecule has 1 atom stereocenters. The van der Waals surface area contributed by atoms with Crippen LogP contribution in [0.3, 0.4) is 0 Å². The molecule has 1 N–H and O–H groups in total. The third kappa shape index (κ3) is 3.13. The molecule has 0 aliphatic carbocycles. The van der Waals surface area contributed by atoms with Crippen LogP contribution in [0.15, 0.2) is 24.3 Å². The lowest BCUT2D eigenvalue weighted by atomic mass is 10.1. The van der Waals surface area contributed by atoms with Gasteiger partial charge in [0, 0.05) is 19.4 Å². The van der Waals surface area contributed by atoms with Gasteiger partial charge >= 0.3 is 0 Å². The molecule has 1 unspecified atom stereocenters. The van der Waals surface area contributed by atoms with Gasteiger partial charge in [0.25, 0.3) is 0 Å². The van der Waals surface area contributed by atoms with Crippen LogP contribution < -0.4 is 0 Å². The summed E-state index contributed by atoms with van der Waals surface area (Å²) >= 11 is 0. The molecular formula is C10H12FO2. The van der Waals surface area contributed by atoms with Gasteiger partial charge in [0.05, 0.1) is 6.10 Å². The Labute approximate surface area is 76.6 Å². The summed E-state index contributed by atoms with van der Waals surface area (Å²) in [6, 6.07) is 6.22. The van der Waals surface area contributed by atoms with Gasteiger partial charge in [-0.15, -0.1) is 0 Å². The van der Waals surface area contributed by atoms with Crippen LogP contribution >= 0.6 is 0 Å². The van der Waals surface area contributed by atoms with Crippen LogP contribution in [0.4, 0.5) is 4.39 Å². The first-order valence-electron chi connectivity index (χ1n) is 4.24. The fourth-order valence-electron chi connectivity index (χ4n) is 1.16. The number of rotatable bonds is 4. The van der Waals surface area contributed by atoms with Crippen LogP contribution in [-0.4, -0.2) is 17.8 Å². The van der Waals surface area contributed by atoms with Gasteiger partial charge in [-0.1, -0.05) is 18.2 Å². The number of aliphatic hydroxyl groups is 1. The Kier molecular flexibility index (Phi) is 3.86. The third-order valence-corrected chi connectivity index (χ3v) is 1.86. The first kappa shape index (κ1) is 10.2. The molecule has 0 aromatic heterocycles. The second-order valence-electron chi connectivity index (χ2n) is 2.93. The van der Waals surface area contributed by atoms with Crippen LogP contribution in [0.1, 0.15) is 12.0 Å². The van der Waals surface area contributed by atoms with Crippen LogP contribution in [0.5, 0.6) is 0 Å². The zero-order valence-electron chi connectivity index (χ0n) is 7.24. The quantitative estimate of drug-likeness (QED) is 0.755. The summed E-state index contributed by atoms with van der Waals surface area (Å²) < 4.78 is 13.0. The Morgan fingerprint density at radius 1 is 1.38 bits per heavy atom. The molecule has 0 spiro atoms. The lowest BCUT2D eigenvalue weighted by molar-refractivity contribution is 0.0639. The van der Waals surface area contributed by atoms with Crippen molar-refractivity contribution in [2.45, 2.75) is 18.9 Å². The van der Waals surface area contributed by atoms with Gasteiger partial charge in [0.15, 0.2) is 0 Å². The maximum atomic E-state index is 13.0. The van der Waals surface area contributed by atoms with E-state index in [0.29, 0.717) is 5.56 Å². The molecule has 1 rings (SSSR count). The molecule has 0 aliphatic rings. The van der Waals surface area contributed by atoms with Crippen LogP contribution in [-0.2, 0) is 11.5 Å². The maximum Gasteiger partial charge on any atom is 0.126 e. The Balaban J connectivity index is 2.58. The van der Waals surface area contributed by atoms with Gasteiger partial charge in [-0.25, -0.2) is 9.50 Å². The summed E-state index contributed by atoms with van der Waals surface area (Å²) in [7, 11) is 0. The molecule has 0 bridgehead atoms. The van der Waals surface area contributed by atoms with E-state index in [1.165, 1.54) is 6.07 Å². The van der Waals surface area contributed by atoms with E-state index in [1.54, 1.807) is 18.2 Å². The second kappa shape index (κ2) is 4.94. The van der Waals surface area contributed by atoms with E-state index in [2.05, 4.69) is 0 Å². The second-order valence-corrected chi connectivity index (χ2v) is 2.93. The van der Waals surface area contributed by atoms with Crippen LogP contribution in [0, 0.1) is 5.82 Å². The fourth-order valence-corrected chi connectivity index (χ4v) is 1.16. The van der Waals surface area contributed by atoms with Crippen molar-refractivity contribution in [3.63, 3.8) is 0 Å². The van der Waals surface area contributed by atoms with Gasteiger partial charge in [-0.3, -0.25) is 0 Å². The first-order chi connectivity index (χ1) is 6.24. The van der Waals surface area contributed by atoms with Crippen molar-refractivity contribution in [1.82, 2.24) is 0 Å². The van der Waals surface area contributed by atoms with Gasteiger partial charge in [0.1, 0.15) is 5.82 Å². The highest BCUT2D eigenvalue weighted by Crippen LogP contribution is 2.10. The molecule has 0 saturated carbocycles. The van der Waals surface area contributed by atoms with E-state index in [-0.39, 0.29) is 25.3 Å². The molecule has 0 aliphatic heterocycles. The predicted octanol–water partition coefficient (Wildman–Crippen LogP) is 1.55. The van der Waals surface area contributed by atoms with Crippen molar-refractivity contribution in [3.8, 4) is 0 Å². The van der Waals surface area contributed by atoms with Gasteiger partial charge in [-0.05, 0) is 11.6 Å². The summed E-state index contributed by atoms with van der Waals surface area (Å²) in [5.41, 5.74) is 0.427. The van der Waals surface area contributed by atoms with Crippen molar-refractivity contribution in [3.05, 3.63) is 35.6 Å².